The Hall–Kier alpha value is -1.81. The van der Waals surface area contributed by atoms with E-state index in [0.717, 1.165) is 5.69 Å². The van der Waals surface area contributed by atoms with Gasteiger partial charge in [-0.3, -0.25) is 4.57 Å². The van der Waals surface area contributed by atoms with Gasteiger partial charge in [-0.25, -0.2) is 0 Å². The van der Waals surface area contributed by atoms with Crippen LogP contribution >= 0.6 is 7.37 Å². The van der Waals surface area contributed by atoms with E-state index in [2.05, 4.69) is 0 Å². The zero-order chi connectivity index (χ0) is 18.6. The number of nitrogens with zero attached hydrogens (tertiary/aromatic N) is 1. The number of aliphatic hydroxyl groups is 1. The Kier molecular flexibility index (Phi) is 6.28. The van der Waals surface area contributed by atoms with Crippen LogP contribution in [0, 0.1) is 0 Å². The van der Waals surface area contributed by atoms with E-state index in [0.29, 0.717) is 16.6 Å². The van der Waals surface area contributed by atoms with E-state index in [4.69, 9.17) is 9.26 Å². The van der Waals surface area contributed by atoms with E-state index >= 15 is 0 Å². The van der Waals surface area contributed by atoms with E-state index in [1.54, 1.807) is 50.2 Å². The van der Waals surface area contributed by atoms with Crippen LogP contribution in [0.2, 0.25) is 0 Å². The van der Waals surface area contributed by atoms with Gasteiger partial charge in [0.1, 0.15) is 5.75 Å². The topological polar surface area (TPSA) is 59.0 Å². The largest absolute Gasteiger partial charge is 0.496 e. The van der Waals surface area contributed by atoms with Gasteiger partial charge in [0.15, 0.2) is 5.85 Å². The fourth-order valence-corrected chi connectivity index (χ4v) is 4.88. The third-order valence-corrected chi connectivity index (χ3v) is 6.51. The number of hydrogen-bond donors (Lipinski definition) is 1. The summed E-state index contributed by atoms with van der Waals surface area (Å²) >= 11 is 0. The summed E-state index contributed by atoms with van der Waals surface area (Å²) in [6, 6.07) is 14.2. The van der Waals surface area contributed by atoms with Crippen LogP contribution < -0.4 is 14.9 Å². The third kappa shape index (κ3) is 4.24. The van der Waals surface area contributed by atoms with Crippen molar-refractivity contribution in [2.24, 2.45) is 0 Å². The second-order valence-electron chi connectivity index (χ2n) is 6.28. The van der Waals surface area contributed by atoms with Gasteiger partial charge in [0.05, 0.1) is 13.2 Å². The quantitative estimate of drug-likeness (QED) is 0.759. The zero-order valence-electron chi connectivity index (χ0n) is 15.3. The molecule has 0 amide bonds. The molecular formula is C19H26NO4P. The maximum absolute atomic E-state index is 13.7. The van der Waals surface area contributed by atoms with Crippen LogP contribution in [-0.4, -0.2) is 32.4 Å². The molecule has 2 atom stereocenters. The lowest BCUT2D eigenvalue weighted by Gasteiger charge is -2.27. The molecule has 0 bridgehead atoms. The molecule has 0 saturated heterocycles. The Balaban J connectivity index is 2.51. The molecule has 25 heavy (non-hydrogen) atoms. The van der Waals surface area contributed by atoms with Crippen molar-refractivity contribution in [1.29, 1.82) is 0 Å². The Labute approximate surface area is 149 Å². The Morgan fingerprint density at radius 1 is 1.04 bits per heavy atom. The molecule has 2 aromatic carbocycles. The highest BCUT2D eigenvalue weighted by molar-refractivity contribution is 7.67. The van der Waals surface area contributed by atoms with Gasteiger partial charge >= 0.3 is 0 Å². The molecule has 2 rings (SSSR count). The first-order valence-corrected chi connectivity index (χ1v) is 9.86. The smallest absolute Gasteiger partial charge is 0.264 e. The minimum absolute atomic E-state index is 0.302. The van der Waals surface area contributed by atoms with Crippen LogP contribution in [-0.2, 0) is 9.09 Å². The highest BCUT2D eigenvalue weighted by Gasteiger charge is 2.38. The summed E-state index contributed by atoms with van der Waals surface area (Å²) in [6.45, 7) is 3.60. The molecule has 1 N–H and O–H groups in total. The fraction of sp³-hybridized carbons (Fsp3) is 0.368. The number of anilines is 1. The second-order valence-corrected chi connectivity index (χ2v) is 8.69. The lowest BCUT2D eigenvalue weighted by Crippen LogP contribution is -2.18. The van der Waals surface area contributed by atoms with E-state index in [-0.39, 0.29) is 6.10 Å². The maximum atomic E-state index is 13.7. The first-order chi connectivity index (χ1) is 11.8. The first-order valence-electron chi connectivity index (χ1n) is 8.16. The van der Waals surface area contributed by atoms with Gasteiger partial charge in [-0.2, -0.15) is 0 Å². The van der Waals surface area contributed by atoms with Crippen molar-refractivity contribution in [2.45, 2.75) is 25.8 Å². The van der Waals surface area contributed by atoms with E-state index in [9.17, 15) is 9.67 Å². The molecule has 0 radical (unpaired) electrons. The van der Waals surface area contributed by atoms with Gasteiger partial charge in [-0.05, 0) is 44.2 Å². The molecule has 5 nitrogen and oxygen atoms in total. The van der Waals surface area contributed by atoms with E-state index < -0.39 is 13.2 Å². The lowest BCUT2D eigenvalue weighted by molar-refractivity contribution is 0.186. The Morgan fingerprint density at radius 3 is 2.16 bits per heavy atom. The molecule has 0 unspecified atom stereocenters. The molecule has 2 aromatic rings. The van der Waals surface area contributed by atoms with Crippen molar-refractivity contribution in [2.75, 3.05) is 26.1 Å². The number of benzene rings is 2. The van der Waals surface area contributed by atoms with Gasteiger partial charge in [0.25, 0.3) is 7.37 Å². The molecule has 0 aromatic heterocycles. The predicted molar refractivity (Wildman–Crippen MR) is 102 cm³/mol. The highest BCUT2D eigenvalue weighted by atomic mass is 31.2. The maximum Gasteiger partial charge on any atom is 0.264 e. The number of rotatable bonds is 7. The van der Waals surface area contributed by atoms with Crippen molar-refractivity contribution in [1.82, 2.24) is 0 Å². The predicted octanol–water partition coefficient (Wildman–Crippen LogP) is 3.78. The summed E-state index contributed by atoms with van der Waals surface area (Å²) in [5, 5.41) is 11.4. The molecule has 6 heteroatoms. The SMILES string of the molecule is COc1ccccc1[C@@H](O)[P@](=O)(OC(C)C)c1ccc(N(C)C)cc1. The minimum Gasteiger partial charge on any atom is -0.496 e. The normalized spacial score (nSPS) is 14.8. The summed E-state index contributed by atoms with van der Waals surface area (Å²) in [5.74, 6) is -0.830. The monoisotopic (exact) mass is 363 g/mol. The number of methoxy groups -OCH3 is 1. The number of para-hydroxylation sites is 1. The van der Waals surface area contributed by atoms with Crippen LogP contribution in [0.5, 0.6) is 5.75 Å². The van der Waals surface area contributed by atoms with E-state index in [1.807, 2.05) is 31.1 Å². The minimum atomic E-state index is -3.57. The lowest BCUT2D eigenvalue weighted by atomic mass is 10.2. The molecule has 0 fully saturated rings. The van der Waals surface area contributed by atoms with Crippen LogP contribution in [0.25, 0.3) is 0 Å². The van der Waals surface area contributed by atoms with Gasteiger partial charge in [-0.1, -0.05) is 18.2 Å². The molecule has 0 aliphatic carbocycles. The molecule has 0 aliphatic rings. The second kappa shape index (κ2) is 8.05. The van der Waals surface area contributed by atoms with Crippen molar-refractivity contribution >= 4 is 18.4 Å². The number of aliphatic hydroxyl groups excluding tert-OH is 1. The van der Waals surface area contributed by atoms with Gasteiger partial charge in [0, 0.05) is 30.7 Å². The molecule has 0 aliphatic heterocycles. The zero-order valence-corrected chi connectivity index (χ0v) is 16.2. The van der Waals surface area contributed by atoms with Crippen LogP contribution in [0.15, 0.2) is 48.5 Å². The van der Waals surface area contributed by atoms with Crippen molar-refractivity contribution in [3.05, 3.63) is 54.1 Å². The molecule has 0 saturated carbocycles. The average molecular weight is 363 g/mol. The van der Waals surface area contributed by atoms with Crippen molar-refractivity contribution in [3.63, 3.8) is 0 Å². The van der Waals surface area contributed by atoms with Crippen LogP contribution in [0.4, 0.5) is 5.69 Å². The summed E-state index contributed by atoms with van der Waals surface area (Å²) in [6.07, 6.45) is -0.302. The highest BCUT2D eigenvalue weighted by Crippen LogP contribution is 2.59. The molecule has 136 valence electrons. The third-order valence-electron chi connectivity index (χ3n) is 3.83. The fourth-order valence-electron chi connectivity index (χ4n) is 2.59. The standard InChI is InChI=1S/C19H26NO4P/c1-14(2)24-25(22,16-12-10-15(11-13-16)20(3)4)19(21)17-8-6-7-9-18(17)23-5/h6-14,19,21H,1-5H3/t19-,25+/m0/s1. The Bertz CT molecular complexity index is 743. The molecule has 0 spiro atoms. The van der Waals surface area contributed by atoms with Crippen molar-refractivity contribution < 1.29 is 18.9 Å². The van der Waals surface area contributed by atoms with Gasteiger partial charge in [-0.15, -0.1) is 0 Å². The van der Waals surface area contributed by atoms with Crippen molar-refractivity contribution in [3.8, 4) is 5.75 Å². The number of ether oxygens (including phenoxy) is 1. The summed E-state index contributed by atoms with van der Waals surface area (Å²) in [7, 11) is 1.81. The summed E-state index contributed by atoms with van der Waals surface area (Å²) in [4.78, 5) is 1.95. The summed E-state index contributed by atoms with van der Waals surface area (Å²) in [5.41, 5.74) is 1.43. The van der Waals surface area contributed by atoms with Gasteiger partial charge in [0.2, 0.25) is 0 Å². The molecular weight excluding hydrogens is 337 g/mol. The Morgan fingerprint density at radius 2 is 1.64 bits per heavy atom. The van der Waals surface area contributed by atoms with Gasteiger partial charge < -0.3 is 19.3 Å². The van der Waals surface area contributed by atoms with E-state index in [1.165, 1.54) is 7.11 Å². The van der Waals surface area contributed by atoms with Crippen LogP contribution in [0.1, 0.15) is 25.3 Å². The first kappa shape index (κ1) is 19.5. The van der Waals surface area contributed by atoms with Crippen LogP contribution in [0.3, 0.4) is 0 Å². The average Bonchev–Trinajstić information content (AvgIpc) is 2.60. The summed E-state index contributed by atoms with van der Waals surface area (Å²) < 4.78 is 24.8. The number of hydrogen-bond acceptors (Lipinski definition) is 5. The molecule has 0 heterocycles.